The zero-order valence-electron chi connectivity index (χ0n) is 12.1. The second-order valence-corrected chi connectivity index (χ2v) is 5.96. The van der Waals surface area contributed by atoms with Crippen molar-refractivity contribution in [3.05, 3.63) is 35.9 Å². The lowest BCUT2D eigenvalue weighted by Crippen LogP contribution is -2.55. The summed E-state index contributed by atoms with van der Waals surface area (Å²) >= 11 is 0. The van der Waals surface area contributed by atoms with Crippen molar-refractivity contribution in [1.29, 1.82) is 0 Å². The van der Waals surface area contributed by atoms with Gasteiger partial charge in [0.25, 0.3) is 0 Å². The largest absolute Gasteiger partial charge is 0.351 e. The molecule has 19 heavy (non-hydrogen) atoms. The first-order chi connectivity index (χ1) is 9.01. The number of nitrogens with one attached hydrogen (secondary N) is 2. The van der Waals surface area contributed by atoms with Gasteiger partial charge in [-0.15, -0.1) is 0 Å². The number of carbonyl (C=O) groups is 1. The fourth-order valence-corrected chi connectivity index (χ4v) is 2.58. The maximum absolute atomic E-state index is 12.5. The summed E-state index contributed by atoms with van der Waals surface area (Å²) in [6.45, 7) is 7.16. The zero-order chi connectivity index (χ0) is 13.9. The summed E-state index contributed by atoms with van der Waals surface area (Å²) in [6, 6.07) is 10.6. The first-order valence-corrected chi connectivity index (χ1v) is 7.11. The molecule has 1 amide bonds. The van der Waals surface area contributed by atoms with Crippen LogP contribution in [0.4, 0.5) is 0 Å². The normalized spacial score (nSPS) is 23.9. The summed E-state index contributed by atoms with van der Waals surface area (Å²) in [4.78, 5) is 12.5. The van der Waals surface area contributed by atoms with Crippen molar-refractivity contribution in [1.82, 2.24) is 10.6 Å². The zero-order valence-corrected chi connectivity index (χ0v) is 12.1. The number of hydrogen-bond acceptors (Lipinski definition) is 2. The van der Waals surface area contributed by atoms with E-state index in [0.29, 0.717) is 6.04 Å². The highest BCUT2D eigenvalue weighted by atomic mass is 16.2. The lowest BCUT2D eigenvalue weighted by molar-refractivity contribution is -0.126. The second-order valence-electron chi connectivity index (χ2n) is 5.96. The van der Waals surface area contributed by atoms with Crippen molar-refractivity contribution < 1.29 is 4.79 Å². The number of piperidine rings is 1. The molecule has 1 aromatic carbocycles. The molecule has 3 heteroatoms. The Bertz CT molecular complexity index is 428. The average molecular weight is 260 g/mol. The molecule has 2 N–H and O–H groups in total. The molecule has 0 saturated carbocycles. The monoisotopic (exact) mass is 260 g/mol. The highest BCUT2D eigenvalue weighted by Gasteiger charge is 2.32. The minimum atomic E-state index is -0.488. The summed E-state index contributed by atoms with van der Waals surface area (Å²) in [5, 5.41) is 6.62. The van der Waals surface area contributed by atoms with Gasteiger partial charge in [-0.3, -0.25) is 4.79 Å². The van der Waals surface area contributed by atoms with Crippen LogP contribution in [-0.2, 0) is 10.2 Å². The predicted octanol–water partition coefficient (Wildman–Crippen LogP) is 2.22. The Morgan fingerprint density at radius 3 is 2.63 bits per heavy atom. The van der Waals surface area contributed by atoms with E-state index in [0.717, 1.165) is 24.9 Å². The third-order valence-electron chi connectivity index (χ3n) is 4.14. The number of benzene rings is 1. The van der Waals surface area contributed by atoms with Gasteiger partial charge in [-0.05, 0) is 45.7 Å². The number of carbonyl (C=O) groups excluding carboxylic acids is 1. The Labute approximate surface area is 115 Å². The molecule has 0 radical (unpaired) electrons. The van der Waals surface area contributed by atoms with E-state index in [1.54, 1.807) is 0 Å². The van der Waals surface area contributed by atoms with Crippen molar-refractivity contribution in [2.45, 2.75) is 51.1 Å². The third-order valence-corrected chi connectivity index (χ3v) is 4.14. The van der Waals surface area contributed by atoms with Crippen molar-refractivity contribution in [3.63, 3.8) is 0 Å². The lowest BCUT2D eigenvalue weighted by atomic mass is 9.83. The Morgan fingerprint density at radius 1 is 1.32 bits per heavy atom. The van der Waals surface area contributed by atoms with Crippen molar-refractivity contribution >= 4 is 5.91 Å². The highest BCUT2D eigenvalue weighted by molar-refractivity contribution is 5.87. The molecule has 0 spiro atoms. The van der Waals surface area contributed by atoms with Crippen LogP contribution in [0.5, 0.6) is 0 Å². The number of hydrogen-bond donors (Lipinski definition) is 2. The van der Waals surface area contributed by atoms with Gasteiger partial charge in [-0.2, -0.15) is 0 Å². The van der Waals surface area contributed by atoms with E-state index in [-0.39, 0.29) is 11.9 Å². The van der Waals surface area contributed by atoms with Gasteiger partial charge in [-0.1, -0.05) is 30.3 Å². The second kappa shape index (κ2) is 5.74. The summed E-state index contributed by atoms with van der Waals surface area (Å²) in [5.74, 6) is 0.110. The van der Waals surface area contributed by atoms with Gasteiger partial charge in [-0.25, -0.2) is 0 Å². The Hall–Kier alpha value is -1.35. The number of amides is 1. The Kier molecular flexibility index (Phi) is 4.25. The topological polar surface area (TPSA) is 41.1 Å². The fraction of sp³-hybridized carbons (Fsp3) is 0.562. The molecule has 1 fully saturated rings. The third kappa shape index (κ3) is 3.16. The van der Waals surface area contributed by atoms with Gasteiger partial charge < -0.3 is 10.6 Å². The molecular weight excluding hydrogens is 236 g/mol. The van der Waals surface area contributed by atoms with Gasteiger partial charge in [0.2, 0.25) is 5.91 Å². The molecule has 1 aliphatic heterocycles. The minimum absolute atomic E-state index is 0.110. The molecule has 0 bridgehead atoms. The summed E-state index contributed by atoms with van der Waals surface area (Å²) in [5.41, 5.74) is 0.572. The van der Waals surface area contributed by atoms with Crippen LogP contribution >= 0.6 is 0 Å². The molecular formula is C16H24N2O. The maximum Gasteiger partial charge on any atom is 0.230 e. The highest BCUT2D eigenvalue weighted by Crippen LogP contribution is 2.23. The van der Waals surface area contributed by atoms with Crippen LogP contribution < -0.4 is 10.6 Å². The lowest BCUT2D eigenvalue weighted by Gasteiger charge is -2.34. The quantitative estimate of drug-likeness (QED) is 0.875. The molecule has 2 atom stereocenters. The summed E-state index contributed by atoms with van der Waals surface area (Å²) < 4.78 is 0. The predicted molar refractivity (Wildman–Crippen MR) is 78.1 cm³/mol. The Balaban J connectivity index is 2.06. The molecule has 2 unspecified atom stereocenters. The maximum atomic E-state index is 12.5. The van der Waals surface area contributed by atoms with Crippen LogP contribution in [0.2, 0.25) is 0 Å². The smallest absolute Gasteiger partial charge is 0.230 e. The molecule has 0 aromatic heterocycles. The van der Waals surface area contributed by atoms with E-state index in [4.69, 9.17) is 0 Å². The molecule has 104 valence electrons. The van der Waals surface area contributed by atoms with E-state index >= 15 is 0 Å². The van der Waals surface area contributed by atoms with Crippen molar-refractivity contribution in [3.8, 4) is 0 Å². The van der Waals surface area contributed by atoms with E-state index < -0.39 is 5.41 Å². The molecule has 1 saturated heterocycles. The molecule has 1 aromatic rings. The van der Waals surface area contributed by atoms with Crippen LogP contribution in [0.25, 0.3) is 0 Å². The fourth-order valence-electron chi connectivity index (χ4n) is 2.58. The van der Waals surface area contributed by atoms with Gasteiger partial charge in [0.1, 0.15) is 0 Å². The van der Waals surface area contributed by atoms with Gasteiger partial charge in [0.05, 0.1) is 5.41 Å². The standard InChI is InChI=1S/C16H24N2O/c1-12-14(10-7-11-17-12)18-15(19)16(2,3)13-8-5-4-6-9-13/h4-6,8-9,12,14,17H,7,10-11H2,1-3H3,(H,18,19). The average Bonchev–Trinajstić information content (AvgIpc) is 2.42. The molecule has 3 nitrogen and oxygen atoms in total. The summed E-state index contributed by atoms with van der Waals surface area (Å²) in [7, 11) is 0. The van der Waals surface area contributed by atoms with E-state index in [1.165, 1.54) is 0 Å². The van der Waals surface area contributed by atoms with Crippen LogP contribution in [0, 0.1) is 0 Å². The molecule has 2 rings (SSSR count). The van der Waals surface area contributed by atoms with Crippen LogP contribution in [0.3, 0.4) is 0 Å². The van der Waals surface area contributed by atoms with Gasteiger partial charge in [0.15, 0.2) is 0 Å². The number of rotatable bonds is 3. The molecule has 0 aliphatic carbocycles. The van der Waals surface area contributed by atoms with E-state index in [9.17, 15) is 4.79 Å². The van der Waals surface area contributed by atoms with Gasteiger partial charge in [0, 0.05) is 12.1 Å². The first kappa shape index (κ1) is 14.1. The van der Waals surface area contributed by atoms with Gasteiger partial charge >= 0.3 is 0 Å². The first-order valence-electron chi connectivity index (χ1n) is 7.11. The van der Waals surface area contributed by atoms with E-state index in [1.807, 2.05) is 44.2 Å². The SMILES string of the molecule is CC1NCCCC1NC(=O)C(C)(C)c1ccccc1. The minimum Gasteiger partial charge on any atom is -0.351 e. The molecule has 1 heterocycles. The van der Waals surface area contributed by atoms with Crippen LogP contribution in [0.15, 0.2) is 30.3 Å². The van der Waals surface area contributed by atoms with E-state index in [2.05, 4.69) is 17.6 Å². The van der Waals surface area contributed by atoms with Crippen molar-refractivity contribution in [2.75, 3.05) is 6.54 Å². The van der Waals surface area contributed by atoms with Crippen molar-refractivity contribution in [2.24, 2.45) is 0 Å². The van der Waals surface area contributed by atoms with Crippen LogP contribution in [-0.4, -0.2) is 24.5 Å². The summed E-state index contributed by atoms with van der Waals surface area (Å²) in [6.07, 6.45) is 2.19. The molecule has 1 aliphatic rings. The Morgan fingerprint density at radius 2 is 2.00 bits per heavy atom. The van der Waals surface area contributed by atoms with Crippen LogP contribution in [0.1, 0.15) is 39.2 Å².